The first-order chi connectivity index (χ1) is 9.61. The molecule has 4 heteroatoms. The van der Waals surface area contributed by atoms with E-state index in [1.165, 1.54) is 6.08 Å². The molecule has 0 aliphatic carbocycles. The summed E-state index contributed by atoms with van der Waals surface area (Å²) >= 11 is 0. The lowest BCUT2D eigenvalue weighted by atomic mass is 10.0. The molecule has 0 bridgehead atoms. The van der Waals surface area contributed by atoms with Gasteiger partial charge >= 0.3 is 0 Å². The van der Waals surface area contributed by atoms with Crippen molar-refractivity contribution in [3.05, 3.63) is 59.0 Å². The summed E-state index contributed by atoms with van der Waals surface area (Å²) in [4.78, 5) is 23.1. The highest BCUT2D eigenvalue weighted by molar-refractivity contribution is 6.08. The first-order valence-electron chi connectivity index (χ1n) is 6.45. The molecule has 0 aromatic heterocycles. The number of nitrogens with one attached hydrogen (secondary N) is 1. The summed E-state index contributed by atoms with van der Waals surface area (Å²) in [6, 6.07) is 9.84. The van der Waals surface area contributed by atoms with Gasteiger partial charge in [-0.05, 0) is 19.4 Å². The molecule has 1 heterocycles. The number of ether oxygens (including phenoxy) is 1. The SMILES string of the molecule is CC1=CC(=O)C(=C(C)NCc2ccccc2)C(C=O)O1. The number of ketones is 1. The third kappa shape index (κ3) is 3.15. The molecule has 2 rings (SSSR count). The van der Waals surface area contributed by atoms with E-state index < -0.39 is 6.10 Å². The third-order valence-corrected chi connectivity index (χ3v) is 3.13. The summed E-state index contributed by atoms with van der Waals surface area (Å²) in [6.45, 7) is 4.04. The Labute approximate surface area is 118 Å². The molecule has 1 aliphatic rings. The molecular weight excluding hydrogens is 254 g/mol. The van der Waals surface area contributed by atoms with E-state index in [2.05, 4.69) is 5.32 Å². The van der Waals surface area contributed by atoms with Crippen LogP contribution in [0.2, 0.25) is 0 Å². The minimum absolute atomic E-state index is 0.177. The fourth-order valence-corrected chi connectivity index (χ4v) is 2.12. The van der Waals surface area contributed by atoms with Gasteiger partial charge in [0.15, 0.2) is 18.2 Å². The summed E-state index contributed by atoms with van der Waals surface area (Å²) in [7, 11) is 0. The number of aldehydes is 1. The molecule has 0 amide bonds. The van der Waals surface area contributed by atoms with Gasteiger partial charge in [0.05, 0.1) is 11.3 Å². The van der Waals surface area contributed by atoms with E-state index in [-0.39, 0.29) is 5.78 Å². The number of hydrogen-bond donors (Lipinski definition) is 1. The summed E-state index contributed by atoms with van der Waals surface area (Å²) < 4.78 is 5.37. The van der Waals surface area contributed by atoms with Crippen LogP contribution < -0.4 is 5.32 Å². The fraction of sp³-hybridized carbons (Fsp3) is 0.250. The molecule has 0 radical (unpaired) electrons. The molecule has 0 saturated carbocycles. The molecule has 104 valence electrons. The summed E-state index contributed by atoms with van der Waals surface area (Å²) in [5.74, 6) is 0.288. The highest BCUT2D eigenvalue weighted by Gasteiger charge is 2.27. The van der Waals surface area contributed by atoms with Gasteiger partial charge in [-0.2, -0.15) is 0 Å². The van der Waals surface area contributed by atoms with Crippen molar-refractivity contribution in [1.82, 2.24) is 5.32 Å². The van der Waals surface area contributed by atoms with Crippen molar-refractivity contribution < 1.29 is 14.3 Å². The molecule has 0 spiro atoms. The predicted octanol–water partition coefficient (Wildman–Crippen LogP) is 2.12. The van der Waals surface area contributed by atoms with Crippen LogP contribution in [0.3, 0.4) is 0 Å². The van der Waals surface area contributed by atoms with Gasteiger partial charge in [0.25, 0.3) is 0 Å². The minimum atomic E-state index is -0.823. The normalized spacial score (nSPS) is 20.8. The first-order valence-corrected chi connectivity index (χ1v) is 6.45. The van der Waals surface area contributed by atoms with E-state index in [9.17, 15) is 9.59 Å². The van der Waals surface area contributed by atoms with Crippen LogP contribution in [0.1, 0.15) is 19.4 Å². The zero-order chi connectivity index (χ0) is 14.5. The van der Waals surface area contributed by atoms with Crippen LogP contribution in [0.25, 0.3) is 0 Å². The topological polar surface area (TPSA) is 55.4 Å². The molecule has 20 heavy (non-hydrogen) atoms. The first kappa shape index (κ1) is 14.1. The summed E-state index contributed by atoms with van der Waals surface area (Å²) in [5.41, 5.74) is 2.15. The third-order valence-electron chi connectivity index (χ3n) is 3.13. The molecule has 1 aromatic carbocycles. The highest BCUT2D eigenvalue weighted by Crippen LogP contribution is 2.20. The second-order valence-corrected chi connectivity index (χ2v) is 4.67. The van der Waals surface area contributed by atoms with Crippen molar-refractivity contribution in [2.45, 2.75) is 26.5 Å². The Balaban J connectivity index is 2.17. The van der Waals surface area contributed by atoms with Gasteiger partial charge in [0.1, 0.15) is 0 Å². The number of hydrogen-bond acceptors (Lipinski definition) is 4. The van der Waals surface area contributed by atoms with Gasteiger partial charge in [-0.25, -0.2) is 0 Å². The number of carbonyl (C=O) groups excluding carboxylic acids is 2. The van der Waals surface area contributed by atoms with Crippen LogP contribution in [0.15, 0.2) is 53.4 Å². The lowest BCUT2D eigenvalue weighted by Gasteiger charge is -2.23. The molecule has 1 aromatic rings. The lowest BCUT2D eigenvalue weighted by molar-refractivity contribution is -0.120. The quantitative estimate of drug-likeness (QED) is 0.673. The Morgan fingerprint density at radius 2 is 2.05 bits per heavy atom. The second-order valence-electron chi connectivity index (χ2n) is 4.67. The Morgan fingerprint density at radius 1 is 1.35 bits per heavy atom. The van der Waals surface area contributed by atoms with E-state index in [4.69, 9.17) is 4.74 Å². The van der Waals surface area contributed by atoms with Crippen LogP contribution in [0, 0.1) is 0 Å². The monoisotopic (exact) mass is 271 g/mol. The number of carbonyl (C=O) groups is 2. The van der Waals surface area contributed by atoms with Crippen LogP contribution in [0.5, 0.6) is 0 Å². The Bertz CT molecular complexity index is 573. The van der Waals surface area contributed by atoms with E-state index in [1.54, 1.807) is 13.8 Å². The number of allylic oxidation sites excluding steroid dienone is 3. The molecule has 1 N–H and O–H groups in total. The van der Waals surface area contributed by atoms with Crippen molar-refractivity contribution in [1.29, 1.82) is 0 Å². The largest absolute Gasteiger partial charge is 0.482 e. The smallest absolute Gasteiger partial charge is 0.191 e. The standard InChI is InChI=1S/C16H17NO3/c1-11-8-14(19)16(15(10-18)20-11)12(2)17-9-13-6-4-3-5-7-13/h3-8,10,15,17H,9H2,1-2H3. The van der Waals surface area contributed by atoms with Gasteiger partial charge in [-0.1, -0.05) is 30.3 Å². The maximum Gasteiger partial charge on any atom is 0.191 e. The maximum atomic E-state index is 12.0. The minimum Gasteiger partial charge on any atom is -0.482 e. The lowest BCUT2D eigenvalue weighted by Crippen LogP contribution is -2.30. The average Bonchev–Trinajstić information content (AvgIpc) is 2.45. The Hall–Kier alpha value is -2.36. The van der Waals surface area contributed by atoms with Crippen molar-refractivity contribution in [3.63, 3.8) is 0 Å². The van der Waals surface area contributed by atoms with E-state index in [0.717, 1.165) is 5.56 Å². The van der Waals surface area contributed by atoms with E-state index in [0.29, 0.717) is 29.9 Å². The van der Waals surface area contributed by atoms with E-state index in [1.807, 2.05) is 30.3 Å². The fourth-order valence-electron chi connectivity index (χ4n) is 2.12. The average molecular weight is 271 g/mol. The molecule has 1 unspecified atom stereocenters. The zero-order valence-corrected chi connectivity index (χ0v) is 11.6. The van der Waals surface area contributed by atoms with Gasteiger partial charge in [-0.15, -0.1) is 0 Å². The number of benzene rings is 1. The van der Waals surface area contributed by atoms with Crippen LogP contribution in [-0.4, -0.2) is 18.2 Å². The molecular formula is C16H17NO3. The zero-order valence-electron chi connectivity index (χ0n) is 11.6. The van der Waals surface area contributed by atoms with Crippen molar-refractivity contribution in [3.8, 4) is 0 Å². The van der Waals surface area contributed by atoms with E-state index >= 15 is 0 Å². The second kappa shape index (κ2) is 6.19. The Morgan fingerprint density at radius 3 is 2.70 bits per heavy atom. The van der Waals surface area contributed by atoms with Gasteiger partial charge in [-0.3, -0.25) is 9.59 Å². The summed E-state index contributed by atoms with van der Waals surface area (Å²) in [5, 5.41) is 3.17. The van der Waals surface area contributed by atoms with Gasteiger partial charge in [0.2, 0.25) is 0 Å². The molecule has 1 aliphatic heterocycles. The van der Waals surface area contributed by atoms with Crippen molar-refractivity contribution in [2.24, 2.45) is 0 Å². The van der Waals surface area contributed by atoms with Crippen molar-refractivity contribution >= 4 is 12.1 Å². The molecule has 1 atom stereocenters. The summed E-state index contributed by atoms with van der Waals surface area (Å²) in [6.07, 6.45) is 1.23. The van der Waals surface area contributed by atoms with Crippen LogP contribution in [0.4, 0.5) is 0 Å². The van der Waals surface area contributed by atoms with Gasteiger partial charge in [0, 0.05) is 18.3 Å². The molecule has 0 fully saturated rings. The maximum absolute atomic E-state index is 12.0. The van der Waals surface area contributed by atoms with Crippen LogP contribution in [-0.2, 0) is 20.9 Å². The van der Waals surface area contributed by atoms with Crippen molar-refractivity contribution in [2.75, 3.05) is 0 Å². The highest BCUT2D eigenvalue weighted by atomic mass is 16.5. The Kier molecular flexibility index (Phi) is 4.35. The predicted molar refractivity (Wildman–Crippen MR) is 75.7 cm³/mol. The molecule has 0 saturated heterocycles. The van der Waals surface area contributed by atoms with Crippen LogP contribution >= 0.6 is 0 Å². The molecule has 4 nitrogen and oxygen atoms in total. The van der Waals surface area contributed by atoms with Gasteiger partial charge < -0.3 is 10.1 Å². The number of rotatable bonds is 4.